The molecular weight excluding hydrogens is 306 g/mol. The molecule has 0 unspecified atom stereocenters. The van der Waals surface area contributed by atoms with Gasteiger partial charge in [0.25, 0.3) is 11.6 Å². The maximum atomic E-state index is 12.5. The average molecular weight is 325 g/mol. The van der Waals surface area contributed by atoms with E-state index in [1.54, 1.807) is 12.1 Å². The first-order chi connectivity index (χ1) is 11.5. The maximum Gasteiger partial charge on any atom is 0.269 e. The second-order valence-electron chi connectivity index (χ2n) is 5.92. The molecule has 1 saturated heterocycles. The molecule has 0 spiro atoms. The van der Waals surface area contributed by atoms with Crippen molar-refractivity contribution in [1.82, 2.24) is 4.90 Å². The van der Waals surface area contributed by atoms with Crippen LogP contribution in [-0.4, -0.2) is 41.9 Å². The Bertz CT molecular complexity index is 733. The monoisotopic (exact) mass is 325 g/mol. The fourth-order valence-corrected chi connectivity index (χ4v) is 2.83. The number of amides is 1. The number of aryl methyl sites for hydroxylation is 1. The van der Waals surface area contributed by atoms with Crippen LogP contribution in [0.3, 0.4) is 0 Å². The molecule has 2 aromatic rings. The predicted molar refractivity (Wildman–Crippen MR) is 92.4 cm³/mol. The van der Waals surface area contributed by atoms with Crippen molar-refractivity contribution in [2.45, 2.75) is 6.92 Å². The van der Waals surface area contributed by atoms with Gasteiger partial charge >= 0.3 is 0 Å². The molecule has 0 atom stereocenters. The Labute approximate surface area is 140 Å². The third-order valence-corrected chi connectivity index (χ3v) is 4.29. The molecule has 0 N–H and O–H groups in total. The minimum atomic E-state index is -0.401. The van der Waals surface area contributed by atoms with Gasteiger partial charge in [0, 0.05) is 49.6 Å². The van der Waals surface area contributed by atoms with Crippen LogP contribution >= 0.6 is 0 Å². The molecular formula is C18H19N3O3. The summed E-state index contributed by atoms with van der Waals surface area (Å²) in [7, 11) is 0. The van der Waals surface area contributed by atoms with Gasteiger partial charge in [0.2, 0.25) is 0 Å². The summed E-state index contributed by atoms with van der Waals surface area (Å²) < 4.78 is 0. The molecule has 124 valence electrons. The van der Waals surface area contributed by atoms with Crippen LogP contribution in [0.4, 0.5) is 11.4 Å². The van der Waals surface area contributed by atoms with Crippen LogP contribution in [0, 0.1) is 17.0 Å². The average Bonchev–Trinajstić information content (AvgIpc) is 2.62. The van der Waals surface area contributed by atoms with Crippen LogP contribution in [0.15, 0.2) is 48.5 Å². The molecule has 1 fully saturated rings. The summed E-state index contributed by atoms with van der Waals surface area (Å²) in [6, 6.07) is 14.2. The first-order valence-electron chi connectivity index (χ1n) is 7.90. The minimum absolute atomic E-state index is 0.0540. The van der Waals surface area contributed by atoms with E-state index in [2.05, 4.69) is 4.90 Å². The summed E-state index contributed by atoms with van der Waals surface area (Å²) in [6.45, 7) is 4.72. The van der Waals surface area contributed by atoms with E-state index in [4.69, 9.17) is 0 Å². The zero-order valence-electron chi connectivity index (χ0n) is 13.5. The number of anilines is 1. The molecule has 1 heterocycles. The van der Waals surface area contributed by atoms with E-state index in [9.17, 15) is 14.9 Å². The van der Waals surface area contributed by atoms with Gasteiger partial charge in [0.15, 0.2) is 0 Å². The lowest BCUT2D eigenvalue weighted by Crippen LogP contribution is -2.48. The van der Waals surface area contributed by atoms with Gasteiger partial charge in [-0.2, -0.15) is 0 Å². The molecule has 3 rings (SSSR count). The molecule has 6 heteroatoms. The number of carbonyl (C=O) groups excluding carboxylic acids is 1. The first-order valence-corrected chi connectivity index (χ1v) is 7.90. The van der Waals surface area contributed by atoms with Crippen molar-refractivity contribution < 1.29 is 9.72 Å². The van der Waals surface area contributed by atoms with Gasteiger partial charge in [-0.15, -0.1) is 0 Å². The smallest absolute Gasteiger partial charge is 0.269 e. The van der Waals surface area contributed by atoms with Crippen molar-refractivity contribution in [2.75, 3.05) is 31.1 Å². The standard InChI is InChI=1S/C18H19N3O3/c1-14-2-4-15(5-3-14)18(22)20-12-10-19(11-13-20)16-6-8-17(9-7-16)21(23)24/h2-9H,10-13H2,1H3. The van der Waals surface area contributed by atoms with Crippen LogP contribution in [0.5, 0.6) is 0 Å². The van der Waals surface area contributed by atoms with Gasteiger partial charge in [-0.1, -0.05) is 17.7 Å². The van der Waals surface area contributed by atoms with Gasteiger partial charge in [-0.25, -0.2) is 0 Å². The lowest BCUT2D eigenvalue weighted by molar-refractivity contribution is -0.384. The van der Waals surface area contributed by atoms with Crippen molar-refractivity contribution in [3.63, 3.8) is 0 Å². The van der Waals surface area contributed by atoms with Crippen LogP contribution in [0.25, 0.3) is 0 Å². The quantitative estimate of drug-likeness (QED) is 0.643. The number of nitro benzene ring substituents is 1. The van der Waals surface area contributed by atoms with Crippen LogP contribution in [0.1, 0.15) is 15.9 Å². The highest BCUT2D eigenvalue weighted by Crippen LogP contribution is 2.21. The molecule has 1 aliphatic heterocycles. The van der Waals surface area contributed by atoms with Crippen LogP contribution in [-0.2, 0) is 0 Å². The second-order valence-corrected chi connectivity index (χ2v) is 5.92. The highest BCUT2D eigenvalue weighted by Gasteiger charge is 2.22. The molecule has 2 aromatic carbocycles. The van der Waals surface area contributed by atoms with Gasteiger partial charge < -0.3 is 9.80 Å². The Morgan fingerprint density at radius 1 is 0.958 bits per heavy atom. The highest BCUT2D eigenvalue weighted by molar-refractivity contribution is 5.94. The normalized spacial score (nSPS) is 14.5. The van der Waals surface area contributed by atoms with Crippen molar-refractivity contribution in [2.24, 2.45) is 0 Å². The fourth-order valence-electron chi connectivity index (χ4n) is 2.83. The van der Waals surface area contributed by atoms with Gasteiger partial charge in [0.05, 0.1) is 4.92 Å². The Morgan fingerprint density at radius 2 is 1.54 bits per heavy atom. The van der Waals surface area contributed by atoms with Crippen molar-refractivity contribution in [3.8, 4) is 0 Å². The summed E-state index contributed by atoms with van der Waals surface area (Å²) >= 11 is 0. The van der Waals surface area contributed by atoms with Gasteiger partial charge in [-0.3, -0.25) is 14.9 Å². The number of nitrogens with zero attached hydrogens (tertiary/aromatic N) is 3. The Balaban J connectivity index is 1.62. The molecule has 6 nitrogen and oxygen atoms in total. The second kappa shape index (κ2) is 6.70. The Morgan fingerprint density at radius 3 is 2.08 bits per heavy atom. The molecule has 1 aliphatic rings. The maximum absolute atomic E-state index is 12.5. The van der Waals surface area contributed by atoms with Crippen molar-refractivity contribution >= 4 is 17.3 Å². The number of benzene rings is 2. The predicted octanol–water partition coefficient (Wildman–Crippen LogP) is 2.87. The highest BCUT2D eigenvalue weighted by atomic mass is 16.6. The third-order valence-electron chi connectivity index (χ3n) is 4.29. The minimum Gasteiger partial charge on any atom is -0.368 e. The number of carbonyl (C=O) groups is 1. The van der Waals surface area contributed by atoms with Crippen LogP contribution in [0.2, 0.25) is 0 Å². The lowest BCUT2D eigenvalue weighted by Gasteiger charge is -2.36. The topological polar surface area (TPSA) is 66.7 Å². The number of nitro groups is 1. The zero-order chi connectivity index (χ0) is 17.1. The molecule has 0 saturated carbocycles. The molecule has 1 amide bonds. The first kappa shape index (κ1) is 16.0. The zero-order valence-corrected chi connectivity index (χ0v) is 13.5. The van der Waals surface area contributed by atoms with Gasteiger partial charge in [-0.05, 0) is 31.2 Å². The summed E-state index contributed by atoms with van der Waals surface area (Å²) in [5.41, 5.74) is 2.88. The van der Waals surface area contributed by atoms with E-state index in [1.807, 2.05) is 36.1 Å². The van der Waals surface area contributed by atoms with E-state index in [0.29, 0.717) is 18.7 Å². The van der Waals surface area contributed by atoms with E-state index in [0.717, 1.165) is 24.3 Å². The molecule has 0 radical (unpaired) electrons. The third kappa shape index (κ3) is 3.37. The number of hydrogen-bond donors (Lipinski definition) is 0. The van der Waals surface area contributed by atoms with E-state index in [-0.39, 0.29) is 11.6 Å². The van der Waals surface area contributed by atoms with Crippen molar-refractivity contribution in [1.29, 1.82) is 0 Å². The fraction of sp³-hybridized carbons (Fsp3) is 0.278. The van der Waals surface area contributed by atoms with Crippen molar-refractivity contribution in [3.05, 3.63) is 69.8 Å². The van der Waals surface area contributed by atoms with E-state index < -0.39 is 4.92 Å². The molecule has 0 bridgehead atoms. The summed E-state index contributed by atoms with van der Waals surface area (Å²) in [6.07, 6.45) is 0. The number of non-ortho nitro benzene ring substituents is 1. The largest absolute Gasteiger partial charge is 0.368 e. The summed E-state index contributed by atoms with van der Waals surface area (Å²) in [5.74, 6) is 0.0540. The molecule has 0 aromatic heterocycles. The van der Waals surface area contributed by atoms with Gasteiger partial charge in [0.1, 0.15) is 0 Å². The Kier molecular flexibility index (Phi) is 4.46. The van der Waals surface area contributed by atoms with E-state index >= 15 is 0 Å². The number of rotatable bonds is 3. The molecule has 24 heavy (non-hydrogen) atoms. The summed E-state index contributed by atoms with van der Waals surface area (Å²) in [5, 5.41) is 10.7. The van der Waals surface area contributed by atoms with Crippen LogP contribution < -0.4 is 4.90 Å². The lowest BCUT2D eigenvalue weighted by atomic mass is 10.1. The SMILES string of the molecule is Cc1ccc(C(=O)N2CCN(c3ccc([N+](=O)[O-])cc3)CC2)cc1. The number of hydrogen-bond acceptors (Lipinski definition) is 4. The number of piperazine rings is 1. The Hall–Kier alpha value is -2.89. The summed E-state index contributed by atoms with van der Waals surface area (Å²) in [4.78, 5) is 26.8. The van der Waals surface area contributed by atoms with E-state index in [1.165, 1.54) is 12.1 Å². The molecule has 0 aliphatic carbocycles.